The Hall–Kier alpha value is -2.47. The molecule has 0 spiro atoms. The van der Waals surface area contributed by atoms with Crippen LogP contribution in [-0.4, -0.2) is 42.1 Å². The number of methoxy groups -OCH3 is 1. The van der Waals surface area contributed by atoms with Crippen LogP contribution in [0, 0.1) is 0 Å². The molecule has 1 atom stereocenters. The highest BCUT2D eigenvalue weighted by Crippen LogP contribution is 2.29. The summed E-state index contributed by atoms with van der Waals surface area (Å²) in [6.45, 7) is 8.18. The number of hydrogen-bond donors (Lipinski definition) is 1. The lowest BCUT2D eigenvalue weighted by Gasteiger charge is -2.25. The molecule has 1 aliphatic rings. The molecule has 6 heteroatoms. The summed E-state index contributed by atoms with van der Waals surface area (Å²) in [7, 11) is 1.60. The number of nitrogens with zero attached hydrogens (tertiary/aromatic N) is 1. The van der Waals surface area contributed by atoms with Crippen molar-refractivity contribution < 1.29 is 19.1 Å². The van der Waals surface area contributed by atoms with Gasteiger partial charge in [0.15, 0.2) is 5.78 Å². The molecule has 1 amide bonds. The minimum atomic E-state index is -0.567. The number of ketones is 2. The fraction of sp³-hybridized carbons (Fsp3) is 0.450. The van der Waals surface area contributed by atoms with Gasteiger partial charge in [-0.15, -0.1) is 0 Å². The molecule has 0 fully saturated rings. The highest BCUT2D eigenvalue weighted by molar-refractivity contribution is 6.01. The largest absolute Gasteiger partial charge is 0.383 e. The van der Waals surface area contributed by atoms with E-state index in [0.717, 1.165) is 16.8 Å². The molecular formula is C20H26N2O4. The molecule has 2 rings (SSSR count). The Kier molecular flexibility index (Phi) is 6.69. The first-order valence-corrected chi connectivity index (χ1v) is 8.67. The summed E-state index contributed by atoms with van der Waals surface area (Å²) < 4.78 is 5.03. The number of hydrogen-bond acceptors (Lipinski definition) is 5. The first-order chi connectivity index (χ1) is 12.3. The molecule has 0 aliphatic carbocycles. The van der Waals surface area contributed by atoms with Crippen molar-refractivity contribution >= 4 is 17.5 Å². The van der Waals surface area contributed by atoms with Gasteiger partial charge in [-0.25, -0.2) is 0 Å². The predicted octanol–water partition coefficient (Wildman–Crippen LogP) is 2.22. The fourth-order valence-electron chi connectivity index (χ4n) is 3.20. The van der Waals surface area contributed by atoms with Crippen molar-refractivity contribution in [3.63, 3.8) is 0 Å². The average Bonchev–Trinajstić information content (AvgIpc) is 2.90. The summed E-state index contributed by atoms with van der Waals surface area (Å²) in [6, 6.07) is 5.02. The lowest BCUT2D eigenvalue weighted by atomic mass is 10.0. The number of ether oxygens (including phenoxy) is 1. The third kappa shape index (κ3) is 4.58. The number of benzene rings is 1. The number of nitrogens with one attached hydrogen (secondary N) is 1. The Balaban J connectivity index is 2.18. The van der Waals surface area contributed by atoms with Crippen LogP contribution in [0.2, 0.25) is 0 Å². The second-order valence-electron chi connectivity index (χ2n) is 6.63. The van der Waals surface area contributed by atoms with Crippen LogP contribution in [0.5, 0.6) is 0 Å². The van der Waals surface area contributed by atoms with E-state index in [2.05, 4.69) is 11.9 Å². The van der Waals surface area contributed by atoms with Gasteiger partial charge in [-0.2, -0.15) is 0 Å². The predicted molar refractivity (Wildman–Crippen MR) is 98.6 cm³/mol. The van der Waals surface area contributed by atoms with Crippen molar-refractivity contribution in [1.82, 2.24) is 10.2 Å². The van der Waals surface area contributed by atoms with Gasteiger partial charge in [-0.3, -0.25) is 9.59 Å². The van der Waals surface area contributed by atoms with E-state index in [4.69, 9.17) is 4.74 Å². The van der Waals surface area contributed by atoms with E-state index in [0.29, 0.717) is 31.7 Å². The molecule has 1 aliphatic heterocycles. The molecule has 140 valence electrons. The number of amides is 1. The highest BCUT2D eigenvalue weighted by atomic mass is 16.5. The van der Waals surface area contributed by atoms with E-state index < -0.39 is 6.04 Å². The standard InChI is InChI=1S/C20H26N2O4/c1-13(12-26-4)21-10-16-6-5-7-17-18(16)11-22(20(17)25)19(15(3)24)9-8-14(2)23/h5-7,19,21H,1,8-12H2,2-4H3. The fourth-order valence-corrected chi connectivity index (χ4v) is 3.20. The van der Waals surface area contributed by atoms with Gasteiger partial charge in [0.05, 0.1) is 12.6 Å². The normalized spacial score (nSPS) is 14.1. The Bertz CT molecular complexity index is 727. The van der Waals surface area contributed by atoms with Gasteiger partial charge in [0.25, 0.3) is 5.91 Å². The molecule has 1 aromatic carbocycles. The molecule has 0 radical (unpaired) electrons. The van der Waals surface area contributed by atoms with Crippen LogP contribution in [0.1, 0.15) is 48.2 Å². The van der Waals surface area contributed by atoms with Crippen LogP contribution >= 0.6 is 0 Å². The van der Waals surface area contributed by atoms with E-state index in [1.807, 2.05) is 12.1 Å². The summed E-state index contributed by atoms with van der Waals surface area (Å²) in [4.78, 5) is 37.8. The SMILES string of the molecule is C=C(COC)NCc1cccc2c1CN(C(CCC(C)=O)C(C)=O)C2=O. The van der Waals surface area contributed by atoms with Crippen LogP contribution in [-0.2, 0) is 27.4 Å². The van der Waals surface area contributed by atoms with E-state index >= 15 is 0 Å². The Morgan fingerprint density at radius 3 is 2.69 bits per heavy atom. The van der Waals surface area contributed by atoms with E-state index in [9.17, 15) is 14.4 Å². The molecule has 1 N–H and O–H groups in total. The number of Topliss-reactive ketones (excluding diaryl/α,β-unsaturated/α-hetero) is 2. The Morgan fingerprint density at radius 1 is 1.35 bits per heavy atom. The lowest BCUT2D eigenvalue weighted by molar-refractivity contribution is -0.122. The molecule has 26 heavy (non-hydrogen) atoms. The van der Waals surface area contributed by atoms with Crippen molar-refractivity contribution in [2.75, 3.05) is 13.7 Å². The summed E-state index contributed by atoms with van der Waals surface area (Å²) in [6.07, 6.45) is 0.651. The molecule has 1 unspecified atom stereocenters. The third-order valence-corrected chi connectivity index (χ3v) is 4.56. The van der Waals surface area contributed by atoms with Crippen LogP contribution < -0.4 is 5.32 Å². The lowest BCUT2D eigenvalue weighted by Crippen LogP contribution is -2.40. The minimum absolute atomic E-state index is 0.0157. The van der Waals surface area contributed by atoms with Gasteiger partial charge in [0, 0.05) is 37.9 Å². The first-order valence-electron chi connectivity index (χ1n) is 8.67. The van der Waals surface area contributed by atoms with Gasteiger partial charge in [0.2, 0.25) is 0 Å². The van der Waals surface area contributed by atoms with Crippen LogP contribution in [0.3, 0.4) is 0 Å². The van der Waals surface area contributed by atoms with Crippen LogP contribution in [0.15, 0.2) is 30.5 Å². The Labute approximate surface area is 154 Å². The Morgan fingerprint density at radius 2 is 2.08 bits per heavy atom. The zero-order valence-electron chi connectivity index (χ0n) is 15.6. The first kappa shape index (κ1) is 19.8. The van der Waals surface area contributed by atoms with Crippen LogP contribution in [0.25, 0.3) is 0 Å². The second-order valence-corrected chi connectivity index (χ2v) is 6.63. The average molecular weight is 358 g/mol. The monoisotopic (exact) mass is 358 g/mol. The zero-order valence-corrected chi connectivity index (χ0v) is 15.6. The van der Waals surface area contributed by atoms with E-state index in [1.54, 1.807) is 18.1 Å². The molecule has 0 saturated heterocycles. The number of carbonyl (C=O) groups is 3. The number of rotatable bonds is 10. The second kappa shape index (κ2) is 8.76. The summed E-state index contributed by atoms with van der Waals surface area (Å²) in [5, 5.41) is 3.19. The van der Waals surface area contributed by atoms with Gasteiger partial charge in [-0.05, 0) is 37.5 Å². The zero-order chi connectivity index (χ0) is 19.3. The maximum atomic E-state index is 12.8. The molecular weight excluding hydrogens is 332 g/mol. The van der Waals surface area contributed by atoms with Gasteiger partial charge in [0.1, 0.15) is 5.78 Å². The number of fused-ring (bicyclic) bond motifs is 1. The van der Waals surface area contributed by atoms with E-state index in [1.165, 1.54) is 13.8 Å². The van der Waals surface area contributed by atoms with Crippen LogP contribution in [0.4, 0.5) is 0 Å². The molecule has 1 aromatic rings. The van der Waals surface area contributed by atoms with Crippen molar-refractivity contribution in [2.24, 2.45) is 0 Å². The summed E-state index contributed by atoms with van der Waals surface area (Å²) >= 11 is 0. The maximum absolute atomic E-state index is 12.8. The van der Waals surface area contributed by atoms with Crippen molar-refractivity contribution in [2.45, 2.75) is 45.8 Å². The van der Waals surface area contributed by atoms with Crippen molar-refractivity contribution in [3.05, 3.63) is 47.2 Å². The molecule has 6 nitrogen and oxygen atoms in total. The topological polar surface area (TPSA) is 75.7 Å². The van der Waals surface area contributed by atoms with Crippen molar-refractivity contribution in [3.8, 4) is 0 Å². The van der Waals surface area contributed by atoms with Gasteiger partial charge in [-0.1, -0.05) is 18.7 Å². The highest BCUT2D eigenvalue weighted by Gasteiger charge is 2.35. The quantitative estimate of drug-likeness (QED) is 0.694. The summed E-state index contributed by atoms with van der Waals surface area (Å²) in [5.41, 5.74) is 3.29. The van der Waals surface area contributed by atoms with E-state index in [-0.39, 0.29) is 23.9 Å². The van der Waals surface area contributed by atoms with Gasteiger partial charge >= 0.3 is 0 Å². The smallest absolute Gasteiger partial charge is 0.255 e. The third-order valence-electron chi connectivity index (χ3n) is 4.56. The maximum Gasteiger partial charge on any atom is 0.255 e. The molecule has 0 bridgehead atoms. The van der Waals surface area contributed by atoms with Crippen molar-refractivity contribution in [1.29, 1.82) is 0 Å². The molecule has 0 aromatic heterocycles. The minimum Gasteiger partial charge on any atom is -0.383 e. The number of carbonyl (C=O) groups excluding carboxylic acids is 3. The molecule has 1 heterocycles. The summed E-state index contributed by atoms with van der Waals surface area (Å²) in [5.74, 6) is -0.233. The molecule has 0 saturated carbocycles. The van der Waals surface area contributed by atoms with Gasteiger partial charge < -0.3 is 19.7 Å².